The van der Waals surface area contributed by atoms with Crippen LogP contribution in [0.2, 0.25) is 10.0 Å². The number of aromatic nitrogens is 4. The molecule has 0 radical (unpaired) electrons. The predicted molar refractivity (Wildman–Crippen MR) is 130 cm³/mol. The molecule has 5 rings (SSSR count). The van der Waals surface area contributed by atoms with Crippen molar-refractivity contribution in [2.45, 2.75) is 12.5 Å². The zero-order chi connectivity index (χ0) is 23.3. The molecule has 1 amide bonds. The largest absolute Gasteiger partial charge is 0.368 e. The molecule has 4 aromatic rings. The van der Waals surface area contributed by atoms with Crippen molar-refractivity contribution in [1.29, 1.82) is 0 Å². The van der Waals surface area contributed by atoms with Crippen molar-refractivity contribution in [1.82, 2.24) is 24.9 Å². The van der Waals surface area contributed by atoms with E-state index in [1.807, 2.05) is 60.4 Å². The number of nitrogens with one attached hydrogen (secondary N) is 1. The average molecular weight is 482 g/mol. The van der Waals surface area contributed by atoms with Crippen molar-refractivity contribution in [2.75, 3.05) is 25.0 Å². The number of likely N-dealkylation sites (N-methyl/N-ethyl adjacent to an activating group) is 1. The fourth-order valence-corrected chi connectivity index (χ4v) is 4.45. The van der Waals surface area contributed by atoms with Gasteiger partial charge in [0.1, 0.15) is 17.1 Å². The van der Waals surface area contributed by atoms with Crippen LogP contribution in [0.1, 0.15) is 5.82 Å². The topological polar surface area (TPSA) is 101 Å². The normalized spacial score (nSPS) is 15.0. The fourth-order valence-electron chi connectivity index (χ4n) is 4.10. The van der Waals surface area contributed by atoms with E-state index in [9.17, 15) is 4.79 Å². The van der Waals surface area contributed by atoms with Crippen molar-refractivity contribution in [3.63, 3.8) is 0 Å². The van der Waals surface area contributed by atoms with E-state index in [2.05, 4.69) is 10.3 Å². The monoisotopic (exact) mass is 481 g/mol. The van der Waals surface area contributed by atoms with E-state index in [1.54, 1.807) is 11.6 Å². The highest BCUT2D eigenvalue weighted by Gasteiger charge is 2.48. The number of aryl methyl sites for hydroxylation is 1. The van der Waals surface area contributed by atoms with Crippen LogP contribution in [0.5, 0.6) is 0 Å². The summed E-state index contributed by atoms with van der Waals surface area (Å²) in [6.07, 6.45) is 0. The molecular weight excluding hydrogens is 461 g/mol. The van der Waals surface area contributed by atoms with Gasteiger partial charge in [-0.3, -0.25) is 4.79 Å². The molecule has 1 fully saturated rings. The standard InChI is InChI=1S/C23H21Cl2N7O/c1-13-28-22(31-11-23(12-31,27-2)21(26)33)29-20-18(14-7-9-15(24)10-8-14)19(30-32(13)20)16-5-3-4-6-17(16)25/h3-10,27H,11-12H2,1-2H3,(H2,26,33). The second kappa shape index (κ2) is 7.98. The van der Waals surface area contributed by atoms with Crippen LogP contribution >= 0.6 is 23.2 Å². The van der Waals surface area contributed by atoms with Crippen LogP contribution in [-0.4, -0.2) is 51.2 Å². The van der Waals surface area contributed by atoms with Crippen LogP contribution in [0.15, 0.2) is 48.5 Å². The van der Waals surface area contributed by atoms with Gasteiger partial charge >= 0.3 is 0 Å². The Morgan fingerprint density at radius 1 is 1.09 bits per heavy atom. The highest BCUT2D eigenvalue weighted by molar-refractivity contribution is 6.33. The van der Waals surface area contributed by atoms with Gasteiger partial charge < -0.3 is 16.0 Å². The van der Waals surface area contributed by atoms with Gasteiger partial charge in [0.05, 0.1) is 10.6 Å². The van der Waals surface area contributed by atoms with Gasteiger partial charge in [-0.1, -0.05) is 53.5 Å². The molecule has 0 saturated carbocycles. The van der Waals surface area contributed by atoms with Crippen molar-refractivity contribution >= 4 is 40.7 Å². The van der Waals surface area contributed by atoms with Crippen molar-refractivity contribution < 1.29 is 4.79 Å². The second-order valence-corrected chi connectivity index (χ2v) is 8.91. The van der Waals surface area contributed by atoms with Gasteiger partial charge in [-0.05, 0) is 37.7 Å². The zero-order valence-electron chi connectivity index (χ0n) is 18.0. The fraction of sp³-hybridized carbons (Fsp3) is 0.217. The molecule has 3 heterocycles. The van der Waals surface area contributed by atoms with Crippen LogP contribution in [-0.2, 0) is 4.79 Å². The van der Waals surface area contributed by atoms with Gasteiger partial charge in [0.2, 0.25) is 11.9 Å². The summed E-state index contributed by atoms with van der Waals surface area (Å²) >= 11 is 12.7. The van der Waals surface area contributed by atoms with Gasteiger partial charge in [0.15, 0.2) is 5.65 Å². The number of nitrogens with two attached hydrogens (primary N) is 1. The van der Waals surface area contributed by atoms with Crippen LogP contribution < -0.4 is 16.0 Å². The lowest BCUT2D eigenvalue weighted by Gasteiger charge is -2.47. The number of nitrogens with zero attached hydrogens (tertiary/aromatic N) is 5. The number of hydrogen-bond donors (Lipinski definition) is 2. The highest BCUT2D eigenvalue weighted by Crippen LogP contribution is 2.38. The SMILES string of the molecule is CNC1(C(N)=O)CN(c2nc(C)n3nc(-c4ccccc4Cl)c(-c4ccc(Cl)cc4)c3n2)C1. The summed E-state index contributed by atoms with van der Waals surface area (Å²) < 4.78 is 1.71. The molecule has 3 N–H and O–H groups in total. The first kappa shape index (κ1) is 21.6. The number of anilines is 1. The van der Waals surface area contributed by atoms with Crippen LogP contribution in [0, 0.1) is 6.92 Å². The number of benzene rings is 2. The van der Waals surface area contributed by atoms with Crippen molar-refractivity contribution in [3.8, 4) is 22.4 Å². The molecule has 0 atom stereocenters. The Morgan fingerprint density at radius 3 is 2.42 bits per heavy atom. The zero-order valence-corrected chi connectivity index (χ0v) is 19.5. The summed E-state index contributed by atoms with van der Waals surface area (Å²) in [5.74, 6) is 0.767. The number of rotatable bonds is 5. The smallest absolute Gasteiger partial charge is 0.241 e. The first-order valence-electron chi connectivity index (χ1n) is 10.3. The third-order valence-corrected chi connectivity index (χ3v) is 6.63. The first-order chi connectivity index (χ1) is 15.8. The molecule has 1 aliphatic heterocycles. The van der Waals surface area contributed by atoms with Gasteiger partial charge in [0, 0.05) is 23.7 Å². The minimum atomic E-state index is -0.786. The summed E-state index contributed by atoms with van der Waals surface area (Å²) in [7, 11) is 1.73. The molecule has 1 saturated heterocycles. The molecule has 2 aromatic heterocycles. The van der Waals surface area contributed by atoms with Crippen LogP contribution in [0.3, 0.4) is 0 Å². The van der Waals surface area contributed by atoms with E-state index in [1.165, 1.54) is 0 Å². The summed E-state index contributed by atoms with van der Waals surface area (Å²) in [6.45, 7) is 2.64. The third kappa shape index (κ3) is 3.51. The van der Waals surface area contributed by atoms with Gasteiger partial charge in [-0.25, -0.2) is 0 Å². The molecule has 2 aromatic carbocycles. The number of hydrogen-bond acceptors (Lipinski definition) is 6. The van der Waals surface area contributed by atoms with Gasteiger partial charge in [-0.2, -0.15) is 19.6 Å². The Morgan fingerprint density at radius 2 is 1.79 bits per heavy atom. The number of primary amides is 1. The number of amides is 1. The maximum atomic E-state index is 11.9. The predicted octanol–water partition coefficient (Wildman–Crippen LogP) is 3.34. The Hall–Kier alpha value is -3.20. The summed E-state index contributed by atoms with van der Waals surface area (Å²) in [5.41, 5.74) is 8.65. The maximum absolute atomic E-state index is 11.9. The summed E-state index contributed by atoms with van der Waals surface area (Å²) in [4.78, 5) is 23.3. The van der Waals surface area contributed by atoms with Crippen LogP contribution in [0.4, 0.5) is 5.95 Å². The lowest BCUT2D eigenvalue weighted by molar-refractivity contribution is -0.125. The third-order valence-electron chi connectivity index (χ3n) is 6.05. The van der Waals surface area contributed by atoms with E-state index >= 15 is 0 Å². The quantitative estimate of drug-likeness (QED) is 0.453. The first-order valence-corrected chi connectivity index (χ1v) is 11.1. The molecule has 8 nitrogen and oxygen atoms in total. The summed E-state index contributed by atoms with van der Waals surface area (Å²) in [5, 5.41) is 9.08. The van der Waals surface area contributed by atoms with Crippen molar-refractivity contribution in [2.24, 2.45) is 5.73 Å². The van der Waals surface area contributed by atoms with E-state index in [0.717, 1.165) is 16.7 Å². The minimum Gasteiger partial charge on any atom is -0.368 e. The number of fused-ring (bicyclic) bond motifs is 1. The van der Waals surface area contributed by atoms with E-state index in [-0.39, 0.29) is 0 Å². The Labute approximate surface area is 200 Å². The molecule has 0 aliphatic carbocycles. The Kier molecular flexibility index (Phi) is 5.23. The molecule has 0 spiro atoms. The van der Waals surface area contributed by atoms with Crippen LogP contribution in [0.25, 0.3) is 28.0 Å². The number of halogens is 2. The minimum absolute atomic E-state index is 0.385. The van der Waals surface area contributed by atoms with Gasteiger partial charge in [-0.15, -0.1) is 0 Å². The second-order valence-electron chi connectivity index (χ2n) is 8.07. The van der Waals surface area contributed by atoms with Crippen molar-refractivity contribution in [3.05, 3.63) is 64.4 Å². The average Bonchev–Trinajstić information content (AvgIpc) is 3.14. The summed E-state index contributed by atoms with van der Waals surface area (Å²) in [6, 6.07) is 15.1. The Bertz CT molecular complexity index is 1380. The lowest BCUT2D eigenvalue weighted by Crippen LogP contribution is -2.74. The van der Waals surface area contributed by atoms with E-state index in [4.69, 9.17) is 39.0 Å². The molecule has 0 bridgehead atoms. The maximum Gasteiger partial charge on any atom is 0.241 e. The molecule has 1 aliphatic rings. The van der Waals surface area contributed by atoms with E-state index < -0.39 is 11.4 Å². The highest BCUT2D eigenvalue weighted by atomic mass is 35.5. The van der Waals surface area contributed by atoms with Gasteiger partial charge in [0.25, 0.3) is 0 Å². The molecule has 10 heteroatoms. The molecule has 0 unspecified atom stereocenters. The molecule has 168 valence electrons. The Balaban J connectivity index is 1.70. The number of carbonyl (C=O) groups excluding carboxylic acids is 1. The molecular formula is C23H21Cl2N7O. The molecule has 33 heavy (non-hydrogen) atoms. The number of carbonyl (C=O) groups is 1. The lowest BCUT2D eigenvalue weighted by atomic mass is 9.89. The van der Waals surface area contributed by atoms with E-state index in [0.29, 0.717) is 46.2 Å².